The van der Waals surface area contributed by atoms with Gasteiger partial charge in [-0.3, -0.25) is 9.59 Å². The quantitative estimate of drug-likeness (QED) is 0.508. The Bertz CT molecular complexity index is 950. The van der Waals surface area contributed by atoms with Crippen LogP contribution in [0.1, 0.15) is 43.9 Å². The Morgan fingerprint density at radius 3 is 2.37 bits per heavy atom. The van der Waals surface area contributed by atoms with Gasteiger partial charge in [0, 0.05) is 18.9 Å². The van der Waals surface area contributed by atoms with Gasteiger partial charge < -0.3 is 10.1 Å². The maximum Gasteiger partial charge on any atom is 0.308 e. The van der Waals surface area contributed by atoms with E-state index in [0.717, 1.165) is 28.3 Å². The number of nitrogens with one attached hydrogen (secondary N) is 1. The number of carbonyl (C=O) groups excluding carboxylic acids is 2. The summed E-state index contributed by atoms with van der Waals surface area (Å²) in [7, 11) is 0. The van der Waals surface area contributed by atoms with Gasteiger partial charge in [-0.2, -0.15) is 0 Å². The predicted molar refractivity (Wildman–Crippen MR) is 107 cm³/mol. The van der Waals surface area contributed by atoms with E-state index in [1.54, 1.807) is 6.07 Å². The van der Waals surface area contributed by atoms with Gasteiger partial charge in [-0.25, -0.2) is 0 Å². The van der Waals surface area contributed by atoms with Gasteiger partial charge in [-0.05, 0) is 28.8 Å². The van der Waals surface area contributed by atoms with E-state index in [1.165, 1.54) is 6.92 Å². The zero-order chi connectivity index (χ0) is 19.2. The Labute approximate surface area is 159 Å². The fourth-order valence-electron chi connectivity index (χ4n) is 3.25. The number of fused-ring (bicyclic) bond motifs is 1. The molecule has 1 atom stereocenters. The number of hydrogen-bond acceptors (Lipinski definition) is 3. The summed E-state index contributed by atoms with van der Waals surface area (Å²) in [6.45, 7) is 3.35. The van der Waals surface area contributed by atoms with Crippen LogP contribution < -0.4 is 10.1 Å². The van der Waals surface area contributed by atoms with Crippen molar-refractivity contribution in [3.63, 3.8) is 0 Å². The minimum atomic E-state index is -0.411. The molecular weight excluding hydrogens is 338 g/mol. The van der Waals surface area contributed by atoms with Crippen LogP contribution in [0.25, 0.3) is 10.8 Å². The normalized spacial score (nSPS) is 11.8. The van der Waals surface area contributed by atoms with E-state index >= 15 is 0 Å². The van der Waals surface area contributed by atoms with Crippen LogP contribution in [-0.2, 0) is 9.59 Å². The summed E-state index contributed by atoms with van der Waals surface area (Å²) < 4.78 is 5.51. The first kappa shape index (κ1) is 18.6. The summed E-state index contributed by atoms with van der Waals surface area (Å²) in [5.41, 5.74) is 1.73. The topological polar surface area (TPSA) is 55.4 Å². The van der Waals surface area contributed by atoms with E-state index in [-0.39, 0.29) is 5.91 Å². The molecule has 0 bridgehead atoms. The van der Waals surface area contributed by atoms with E-state index < -0.39 is 12.0 Å². The molecule has 0 unspecified atom stereocenters. The molecule has 0 spiro atoms. The number of carbonyl (C=O) groups is 2. The third kappa shape index (κ3) is 4.34. The first-order chi connectivity index (χ1) is 13.1. The van der Waals surface area contributed by atoms with Crippen molar-refractivity contribution >= 4 is 22.6 Å². The van der Waals surface area contributed by atoms with Gasteiger partial charge in [0.2, 0.25) is 5.91 Å². The molecule has 0 heterocycles. The Hall–Kier alpha value is -3.14. The average Bonchev–Trinajstić information content (AvgIpc) is 2.67. The largest absolute Gasteiger partial charge is 0.426 e. The molecule has 0 radical (unpaired) electrons. The minimum Gasteiger partial charge on any atom is -0.426 e. The Balaban J connectivity index is 2.21. The van der Waals surface area contributed by atoms with Crippen LogP contribution >= 0.6 is 0 Å². The van der Waals surface area contributed by atoms with Crippen molar-refractivity contribution in [1.29, 1.82) is 0 Å². The number of benzene rings is 3. The highest BCUT2D eigenvalue weighted by Crippen LogP contribution is 2.36. The summed E-state index contributed by atoms with van der Waals surface area (Å²) in [4.78, 5) is 24.1. The van der Waals surface area contributed by atoms with Gasteiger partial charge in [0.15, 0.2) is 0 Å². The number of esters is 1. The first-order valence-corrected chi connectivity index (χ1v) is 9.14. The Kier molecular flexibility index (Phi) is 5.87. The molecule has 27 heavy (non-hydrogen) atoms. The molecule has 3 aromatic rings. The third-order valence-electron chi connectivity index (χ3n) is 4.39. The third-order valence-corrected chi connectivity index (χ3v) is 4.39. The molecule has 1 amide bonds. The van der Waals surface area contributed by atoms with Crippen LogP contribution in [0.5, 0.6) is 5.75 Å². The van der Waals surface area contributed by atoms with Crippen LogP contribution in [-0.4, -0.2) is 11.9 Å². The maximum absolute atomic E-state index is 12.5. The van der Waals surface area contributed by atoms with Crippen LogP contribution in [0.3, 0.4) is 0 Å². The highest BCUT2D eigenvalue weighted by Gasteiger charge is 2.23. The van der Waals surface area contributed by atoms with E-state index in [4.69, 9.17) is 4.74 Å². The number of hydrogen-bond donors (Lipinski definition) is 1. The molecule has 0 fully saturated rings. The van der Waals surface area contributed by atoms with Crippen LogP contribution in [0.2, 0.25) is 0 Å². The van der Waals surface area contributed by atoms with Crippen molar-refractivity contribution < 1.29 is 14.3 Å². The van der Waals surface area contributed by atoms with Crippen molar-refractivity contribution in [2.45, 2.75) is 32.7 Å². The molecule has 0 aliphatic heterocycles. The van der Waals surface area contributed by atoms with Crippen molar-refractivity contribution in [3.05, 3.63) is 77.9 Å². The lowest BCUT2D eigenvalue weighted by Gasteiger charge is -2.24. The zero-order valence-corrected chi connectivity index (χ0v) is 15.6. The van der Waals surface area contributed by atoms with Crippen LogP contribution in [0, 0.1) is 0 Å². The van der Waals surface area contributed by atoms with Gasteiger partial charge in [0.25, 0.3) is 0 Å². The smallest absolute Gasteiger partial charge is 0.308 e. The van der Waals surface area contributed by atoms with Crippen LogP contribution in [0.15, 0.2) is 66.7 Å². The van der Waals surface area contributed by atoms with Crippen molar-refractivity contribution in [2.24, 2.45) is 0 Å². The summed E-state index contributed by atoms with van der Waals surface area (Å²) in [5, 5.41) is 5.09. The zero-order valence-electron chi connectivity index (χ0n) is 15.6. The second-order valence-corrected chi connectivity index (χ2v) is 6.45. The summed E-state index contributed by atoms with van der Waals surface area (Å²) in [6, 6.07) is 20.9. The monoisotopic (exact) mass is 361 g/mol. The number of ether oxygens (including phenoxy) is 1. The molecule has 0 aliphatic rings. The van der Waals surface area contributed by atoms with E-state index in [9.17, 15) is 9.59 Å². The van der Waals surface area contributed by atoms with Crippen molar-refractivity contribution in [1.82, 2.24) is 5.32 Å². The van der Waals surface area contributed by atoms with Crippen LogP contribution in [0.4, 0.5) is 0 Å². The molecule has 4 nitrogen and oxygen atoms in total. The highest BCUT2D eigenvalue weighted by molar-refractivity contribution is 5.90. The molecule has 3 rings (SSSR count). The van der Waals surface area contributed by atoms with Gasteiger partial charge in [0.05, 0.1) is 6.04 Å². The van der Waals surface area contributed by atoms with E-state index in [1.807, 2.05) is 67.6 Å². The van der Waals surface area contributed by atoms with Gasteiger partial charge in [0.1, 0.15) is 5.75 Å². The van der Waals surface area contributed by atoms with Crippen molar-refractivity contribution in [2.75, 3.05) is 0 Å². The standard InChI is InChI=1S/C23H23NO3/c1-3-9-21(26)24-23(18-11-5-4-6-12-18)22-19-13-8-7-10-17(19)14-15-20(22)27-16(2)25/h4-8,10-15,23H,3,9H2,1-2H3,(H,24,26)/t23-/m0/s1. The summed E-state index contributed by atoms with van der Waals surface area (Å²) >= 11 is 0. The Morgan fingerprint density at radius 1 is 0.963 bits per heavy atom. The molecule has 0 aliphatic carbocycles. The van der Waals surface area contributed by atoms with Gasteiger partial charge >= 0.3 is 5.97 Å². The average molecular weight is 361 g/mol. The molecule has 0 aromatic heterocycles. The lowest BCUT2D eigenvalue weighted by Crippen LogP contribution is -2.29. The fraction of sp³-hybridized carbons (Fsp3) is 0.217. The molecule has 1 N–H and O–H groups in total. The lowest BCUT2D eigenvalue weighted by atomic mass is 9.92. The fourth-order valence-corrected chi connectivity index (χ4v) is 3.25. The highest BCUT2D eigenvalue weighted by atomic mass is 16.5. The maximum atomic E-state index is 12.5. The lowest BCUT2D eigenvalue weighted by molar-refractivity contribution is -0.131. The number of rotatable bonds is 6. The van der Waals surface area contributed by atoms with Gasteiger partial charge in [-0.1, -0.05) is 67.6 Å². The SMILES string of the molecule is CCCC(=O)N[C@@H](c1ccccc1)c1c(OC(C)=O)ccc2ccccc12. The molecule has 3 aromatic carbocycles. The molecule has 0 saturated heterocycles. The van der Waals surface area contributed by atoms with E-state index in [0.29, 0.717) is 12.2 Å². The molecule has 0 saturated carbocycles. The summed E-state index contributed by atoms with van der Waals surface area (Å²) in [6.07, 6.45) is 1.21. The Morgan fingerprint density at radius 2 is 1.67 bits per heavy atom. The van der Waals surface area contributed by atoms with E-state index in [2.05, 4.69) is 5.32 Å². The molecular formula is C23H23NO3. The predicted octanol–water partition coefficient (Wildman–Crippen LogP) is 4.77. The minimum absolute atomic E-state index is 0.0342. The number of amides is 1. The molecule has 138 valence electrons. The summed E-state index contributed by atoms with van der Waals surface area (Å²) in [5.74, 6) is 0.0399. The second-order valence-electron chi connectivity index (χ2n) is 6.45. The molecule has 4 heteroatoms. The first-order valence-electron chi connectivity index (χ1n) is 9.14. The second kappa shape index (κ2) is 8.49. The van der Waals surface area contributed by atoms with Gasteiger partial charge in [-0.15, -0.1) is 0 Å². The van der Waals surface area contributed by atoms with Crippen molar-refractivity contribution in [3.8, 4) is 5.75 Å².